The molecule has 0 saturated carbocycles. The molecule has 0 aliphatic carbocycles. The van der Waals surface area contributed by atoms with Gasteiger partial charge in [0.15, 0.2) is 0 Å². The maximum atomic E-state index is 10.6. The van der Waals surface area contributed by atoms with Gasteiger partial charge < -0.3 is 10.4 Å². The Bertz CT molecular complexity index is 379. The summed E-state index contributed by atoms with van der Waals surface area (Å²) >= 11 is 1.92. The third-order valence-corrected chi connectivity index (χ3v) is 3.86. The van der Waals surface area contributed by atoms with Crippen LogP contribution >= 0.6 is 11.8 Å². The van der Waals surface area contributed by atoms with Gasteiger partial charge in [0.25, 0.3) is 0 Å². The molecule has 3 nitrogen and oxygen atoms in total. The van der Waals surface area contributed by atoms with Crippen molar-refractivity contribution in [2.45, 2.75) is 38.6 Å². The van der Waals surface area contributed by atoms with Crippen LogP contribution in [0.2, 0.25) is 0 Å². The molecule has 4 heteroatoms. The average molecular weight is 295 g/mol. The zero-order valence-corrected chi connectivity index (χ0v) is 13.0. The Morgan fingerprint density at radius 2 is 1.75 bits per heavy atom. The monoisotopic (exact) mass is 295 g/mol. The van der Waals surface area contributed by atoms with Gasteiger partial charge in [-0.1, -0.05) is 37.1 Å². The van der Waals surface area contributed by atoms with E-state index in [1.54, 1.807) is 0 Å². The van der Waals surface area contributed by atoms with E-state index >= 15 is 0 Å². The number of benzene rings is 1. The molecule has 0 aliphatic heterocycles. The Balaban J connectivity index is 2.08. The normalized spacial score (nSPS) is 10.7. The number of thioether (sulfide) groups is 1. The fraction of sp³-hybridized carbons (Fsp3) is 0.562. The van der Waals surface area contributed by atoms with Crippen LogP contribution in [-0.4, -0.2) is 29.6 Å². The number of nitrogens with one attached hydrogen (secondary N) is 1. The third-order valence-electron chi connectivity index (χ3n) is 3.16. The Labute approximate surface area is 126 Å². The van der Waals surface area contributed by atoms with Crippen molar-refractivity contribution in [3.05, 3.63) is 35.4 Å². The van der Waals surface area contributed by atoms with Crippen LogP contribution in [0.5, 0.6) is 0 Å². The Hall–Kier alpha value is -1.00. The third kappa shape index (κ3) is 8.23. The number of carbonyl (C=O) groups is 1. The van der Waals surface area contributed by atoms with Crippen molar-refractivity contribution in [3.8, 4) is 0 Å². The van der Waals surface area contributed by atoms with Crippen molar-refractivity contribution in [2.24, 2.45) is 0 Å². The van der Waals surface area contributed by atoms with Crippen LogP contribution in [0.25, 0.3) is 0 Å². The minimum absolute atomic E-state index is 0.101. The topological polar surface area (TPSA) is 49.3 Å². The number of carboxylic acids is 1. The molecule has 0 aliphatic rings. The van der Waals surface area contributed by atoms with Gasteiger partial charge in [0.05, 0.1) is 6.42 Å². The molecule has 0 spiro atoms. The van der Waals surface area contributed by atoms with Gasteiger partial charge in [-0.25, -0.2) is 0 Å². The molecule has 1 aromatic carbocycles. The van der Waals surface area contributed by atoms with Crippen molar-refractivity contribution in [1.82, 2.24) is 5.32 Å². The van der Waals surface area contributed by atoms with E-state index in [9.17, 15) is 4.79 Å². The summed E-state index contributed by atoms with van der Waals surface area (Å²) in [7, 11) is 0. The van der Waals surface area contributed by atoms with E-state index in [-0.39, 0.29) is 6.42 Å². The van der Waals surface area contributed by atoms with E-state index in [2.05, 4.69) is 11.6 Å². The number of hydrogen-bond acceptors (Lipinski definition) is 3. The molecule has 0 unspecified atom stereocenters. The van der Waals surface area contributed by atoms with Gasteiger partial charge in [0.1, 0.15) is 0 Å². The van der Waals surface area contributed by atoms with Gasteiger partial charge in [0.2, 0.25) is 0 Å². The number of unbranched alkanes of at least 4 members (excludes halogenated alkanes) is 3. The summed E-state index contributed by atoms with van der Waals surface area (Å²) in [6.45, 7) is 1.91. The smallest absolute Gasteiger partial charge is 0.307 e. The molecule has 2 N–H and O–H groups in total. The highest BCUT2D eigenvalue weighted by Crippen LogP contribution is 2.06. The maximum Gasteiger partial charge on any atom is 0.307 e. The summed E-state index contributed by atoms with van der Waals surface area (Å²) in [5.74, 6) is 0.494. The lowest BCUT2D eigenvalue weighted by Gasteiger charge is -2.06. The van der Waals surface area contributed by atoms with Gasteiger partial charge >= 0.3 is 5.97 Å². The fourth-order valence-electron chi connectivity index (χ4n) is 2.03. The molecule has 0 aromatic heterocycles. The van der Waals surface area contributed by atoms with Gasteiger partial charge in [-0.05, 0) is 42.5 Å². The predicted molar refractivity (Wildman–Crippen MR) is 86.3 cm³/mol. The van der Waals surface area contributed by atoms with E-state index in [0.29, 0.717) is 0 Å². The van der Waals surface area contributed by atoms with Crippen LogP contribution in [0, 0.1) is 0 Å². The zero-order chi connectivity index (χ0) is 14.6. The van der Waals surface area contributed by atoms with Gasteiger partial charge in [-0.2, -0.15) is 11.8 Å². The number of rotatable bonds is 11. The van der Waals surface area contributed by atoms with Crippen molar-refractivity contribution in [3.63, 3.8) is 0 Å². The summed E-state index contributed by atoms with van der Waals surface area (Å²) in [5.41, 5.74) is 2.07. The lowest BCUT2D eigenvalue weighted by molar-refractivity contribution is -0.136. The first-order chi connectivity index (χ1) is 9.72. The van der Waals surface area contributed by atoms with Crippen LogP contribution in [0.1, 0.15) is 36.8 Å². The highest BCUT2D eigenvalue weighted by molar-refractivity contribution is 7.98. The molecule has 0 atom stereocenters. The molecular weight excluding hydrogens is 270 g/mol. The SMILES string of the molecule is CSCCCCCCNCc1ccc(CC(=O)O)cc1. The molecular formula is C16H25NO2S. The van der Waals surface area contributed by atoms with E-state index in [4.69, 9.17) is 5.11 Å². The van der Waals surface area contributed by atoms with Crippen LogP contribution in [0.4, 0.5) is 0 Å². The van der Waals surface area contributed by atoms with Crippen molar-refractivity contribution in [2.75, 3.05) is 18.6 Å². The highest BCUT2D eigenvalue weighted by atomic mass is 32.2. The second-order valence-corrected chi connectivity index (χ2v) is 5.96. The summed E-state index contributed by atoms with van der Waals surface area (Å²) in [6, 6.07) is 7.80. The Morgan fingerprint density at radius 1 is 1.10 bits per heavy atom. The highest BCUT2D eigenvalue weighted by Gasteiger charge is 2.00. The van der Waals surface area contributed by atoms with E-state index in [1.807, 2.05) is 36.0 Å². The lowest BCUT2D eigenvalue weighted by atomic mass is 10.1. The Kier molecular flexibility index (Phi) is 9.16. The largest absolute Gasteiger partial charge is 0.481 e. The van der Waals surface area contributed by atoms with E-state index in [1.165, 1.54) is 37.0 Å². The van der Waals surface area contributed by atoms with Crippen LogP contribution in [-0.2, 0) is 17.8 Å². The van der Waals surface area contributed by atoms with Crippen LogP contribution in [0.3, 0.4) is 0 Å². The predicted octanol–water partition coefficient (Wildman–Crippen LogP) is 3.33. The number of hydrogen-bond donors (Lipinski definition) is 2. The first-order valence-corrected chi connectivity index (χ1v) is 8.61. The van der Waals surface area contributed by atoms with Crippen LogP contribution in [0.15, 0.2) is 24.3 Å². The van der Waals surface area contributed by atoms with Crippen LogP contribution < -0.4 is 5.32 Å². The quantitative estimate of drug-likeness (QED) is 0.615. The molecule has 0 heterocycles. The second-order valence-electron chi connectivity index (χ2n) is 4.97. The first-order valence-electron chi connectivity index (χ1n) is 7.21. The lowest BCUT2D eigenvalue weighted by Crippen LogP contribution is -2.14. The van der Waals surface area contributed by atoms with Crippen molar-refractivity contribution < 1.29 is 9.90 Å². The molecule has 1 aromatic rings. The summed E-state index contributed by atoms with van der Waals surface area (Å²) in [6.07, 6.45) is 7.43. The molecule has 20 heavy (non-hydrogen) atoms. The molecule has 0 fully saturated rings. The van der Waals surface area contributed by atoms with Gasteiger partial charge in [-0.3, -0.25) is 4.79 Å². The standard InChI is InChI=1S/C16H25NO2S/c1-20-11-5-3-2-4-10-17-13-15-8-6-14(7-9-15)12-16(18)19/h6-9,17H,2-5,10-13H2,1H3,(H,18,19). The molecule has 1 rings (SSSR count). The average Bonchev–Trinajstić information content (AvgIpc) is 2.43. The molecule has 0 amide bonds. The number of aliphatic carboxylic acids is 1. The molecule has 0 saturated heterocycles. The van der Waals surface area contributed by atoms with Gasteiger partial charge in [0, 0.05) is 6.54 Å². The molecule has 0 radical (unpaired) electrons. The maximum absolute atomic E-state index is 10.6. The number of carboxylic acid groups (broad SMARTS) is 1. The Morgan fingerprint density at radius 3 is 2.40 bits per heavy atom. The van der Waals surface area contributed by atoms with Crippen molar-refractivity contribution >= 4 is 17.7 Å². The zero-order valence-electron chi connectivity index (χ0n) is 12.2. The van der Waals surface area contributed by atoms with E-state index in [0.717, 1.165) is 18.7 Å². The summed E-state index contributed by atoms with van der Waals surface area (Å²) in [4.78, 5) is 10.6. The fourth-order valence-corrected chi connectivity index (χ4v) is 2.53. The molecule has 112 valence electrons. The summed E-state index contributed by atoms with van der Waals surface area (Å²) < 4.78 is 0. The van der Waals surface area contributed by atoms with Gasteiger partial charge in [-0.15, -0.1) is 0 Å². The second kappa shape index (κ2) is 10.7. The minimum atomic E-state index is -0.780. The first kappa shape index (κ1) is 17.1. The van der Waals surface area contributed by atoms with Crippen molar-refractivity contribution in [1.29, 1.82) is 0 Å². The molecule has 0 bridgehead atoms. The van der Waals surface area contributed by atoms with E-state index < -0.39 is 5.97 Å². The minimum Gasteiger partial charge on any atom is -0.481 e. The summed E-state index contributed by atoms with van der Waals surface area (Å²) in [5, 5.41) is 12.1.